The number of amides is 1. The first kappa shape index (κ1) is 20.7. The first-order valence-electron chi connectivity index (χ1n) is 10.3. The summed E-state index contributed by atoms with van der Waals surface area (Å²) >= 11 is 0. The monoisotopic (exact) mass is 419 g/mol. The smallest absolute Gasteiger partial charge is 0.333 e. The molecular formula is C21H27F2N5O2. The summed E-state index contributed by atoms with van der Waals surface area (Å²) in [6.07, 6.45) is 2.81. The molecule has 0 aromatic carbocycles. The summed E-state index contributed by atoms with van der Waals surface area (Å²) in [6.45, 7) is 3.56. The Kier molecular flexibility index (Phi) is 5.48. The molecule has 0 bridgehead atoms. The first-order valence-corrected chi connectivity index (χ1v) is 10.3. The van der Waals surface area contributed by atoms with E-state index >= 15 is 0 Å². The zero-order chi connectivity index (χ0) is 21.5. The minimum atomic E-state index is -2.78. The van der Waals surface area contributed by atoms with Gasteiger partial charge < -0.3 is 14.9 Å². The van der Waals surface area contributed by atoms with E-state index in [1.165, 1.54) is 6.07 Å². The van der Waals surface area contributed by atoms with Crippen LogP contribution in [0.1, 0.15) is 47.7 Å². The van der Waals surface area contributed by atoms with Gasteiger partial charge in [-0.15, -0.1) is 0 Å². The second-order valence-electron chi connectivity index (χ2n) is 8.60. The van der Waals surface area contributed by atoms with Gasteiger partial charge in [0.25, 0.3) is 5.91 Å². The van der Waals surface area contributed by atoms with Gasteiger partial charge in [0.05, 0.1) is 6.10 Å². The number of carbonyl (C=O) groups is 1. The molecule has 2 aromatic heterocycles. The number of piperidine rings is 2. The minimum Gasteiger partial charge on any atom is -0.391 e. The second kappa shape index (κ2) is 7.94. The van der Waals surface area contributed by atoms with Gasteiger partial charge in [0, 0.05) is 49.5 Å². The Labute approximate surface area is 174 Å². The molecule has 4 heterocycles. The van der Waals surface area contributed by atoms with Crippen LogP contribution < -0.4 is 4.90 Å². The van der Waals surface area contributed by atoms with E-state index in [0.29, 0.717) is 17.6 Å². The van der Waals surface area contributed by atoms with Crippen molar-refractivity contribution in [3.8, 4) is 0 Å². The average molecular weight is 419 g/mol. The fourth-order valence-electron chi connectivity index (χ4n) is 4.83. The van der Waals surface area contributed by atoms with Crippen molar-refractivity contribution < 1.29 is 18.7 Å². The Hall–Kier alpha value is -2.55. The number of likely N-dealkylation sites (tertiary alicyclic amines) is 1. The SMILES string of the molecule is Cc1cc(N2CCC3(CC2)CC(O)CN(C(=O)c2ccn(C(F)F)n2)C3)cc(C)n1. The quantitative estimate of drug-likeness (QED) is 0.828. The summed E-state index contributed by atoms with van der Waals surface area (Å²) in [7, 11) is 0. The van der Waals surface area contributed by atoms with Crippen molar-refractivity contribution in [3.05, 3.63) is 41.5 Å². The number of β-amino-alcohol motifs (C(OH)–C–C–N with tert-alkyl or cyclic N) is 1. The standard InChI is InChI=1S/C21H27F2N5O2/c1-14-9-16(10-15(2)24-14)26-7-4-21(5-8-26)11-17(29)12-27(13-21)19(30)18-3-6-28(25-18)20(22)23/h3,6,9-10,17,20,29H,4-5,7-8,11-13H2,1-2H3. The predicted octanol–water partition coefficient (Wildman–Crippen LogP) is 2.78. The lowest BCUT2D eigenvalue weighted by molar-refractivity contribution is -0.0154. The predicted molar refractivity (Wildman–Crippen MR) is 108 cm³/mol. The number of carbonyl (C=O) groups excluding carboxylic acids is 1. The summed E-state index contributed by atoms with van der Waals surface area (Å²) in [5.74, 6) is -0.407. The van der Waals surface area contributed by atoms with Gasteiger partial charge in [0.1, 0.15) is 0 Å². The molecule has 9 heteroatoms. The highest BCUT2D eigenvalue weighted by molar-refractivity contribution is 5.92. The molecular weight excluding hydrogens is 392 g/mol. The van der Waals surface area contributed by atoms with E-state index < -0.39 is 18.6 Å². The van der Waals surface area contributed by atoms with Crippen LogP contribution in [0.4, 0.5) is 14.5 Å². The van der Waals surface area contributed by atoms with Crippen LogP contribution in [0.15, 0.2) is 24.4 Å². The lowest BCUT2D eigenvalue weighted by Crippen LogP contribution is -2.55. The van der Waals surface area contributed by atoms with Gasteiger partial charge in [0.15, 0.2) is 5.69 Å². The molecule has 1 atom stereocenters. The van der Waals surface area contributed by atoms with Gasteiger partial charge in [-0.25, -0.2) is 4.68 Å². The highest BCUT2D eigenvalue weighted by Crippen LogP contribution is 2.41. The minimum absolute atomic E-state index is 0.0141. The summed E-state index contributed by atoms with van der Waals surface area (Å²) < 4.78 is 26.0. The van der Waals surface area contributed by atoms with Crippen molar-refractivity contribution >= 4 is 11.6 Å². The average Bonchev–Trinajstić information content (AvgIpc) is 3.17. The van der Waals surface area contributed by atoms with Crippen LogP contribution >= 0.6 is 0 Å². The Balaban J connectivity index is 1.46. The van der Waals surface area contributed by atoms with Crippen molar-refractivity contribution in [2.45, 2.75) is 45.8 Å². The molecule has 1 unspecified atom stereocenters. The molecule has 1 N–H and O–H groups in total. The van der Waals surface area contributed by atoms with Gasteiger partial charge in [-0.05, 0) is 56.7 Å². The lowest BCUT2D eigenvalue weighted by atomic mass is 9.71. The van der Waals surface area contributed by atoms with Crippen LogP contribution in [0.5, 0.6) is 0 Å². The Bertz CT molecular complexity index is 904. The van der Waals surface area contributed by atoms with Crippen molar-refractivity contribution in [2.24, 2.45) is 5.41 Å². The zero-order valence-corrected chi connectivity index (χ0v) is 17.3. The van der Waals surface area contributed by atoms with Gasteiger partial charge in [-0.3, -0.25) is 9.78 Å². The molecule has 0 aliphatic carbocycles. The summed E-state index contributed by atoms with van der Waals surface area (Å²) in [5, 5.41) is 14.2. The van der Waals surface area contributed by atoms with E-state index in [2.05, 4.69) is 27.1 Å². The molecule has 30 heavy (non-hydrogen) atoms. The van der Waals surface area contributed by atoms with E-state index in [-0.39, 0.29) is 17.7 Å². The number of rotatable bonds is 3. The summed E-state index contributed by atoms with van der Waals surface area (Å²) in [6, 6.07) is 5.46. The molecule has 2 aromatic rings. The molecule has 2 aliphatic rings. The Morgan fingerprint density at radius 3 is 2.50 bits per heavy atom. The molecule has 0 saturated carbocycles. The third-order valence-electron chi connectivity index (χ3n) is 6.20. The fourth-order valence-corrected chi connectivity index (χ4v) is 4.83. The normalized spacial score (nSPS) is 21.5. The van der Waals surface area contributed by atoms with Crippen molar-refractivity contribution in [2.75, 3.05) is 31.1 Å². The Morgan fingerprint density at radius 1 is 1.23 bits per heavy atom. The Morgan fingerprint density at radius 2 is 1.90 bits per heavy atom. The number of aromatic nitrogens is 3. The summed E-state index contributed by atoms with van der Waals surface area (Å²) in [4.78, 5) is 21.2. The molecule has 1 spiro atoms. The van der Waals surface area contributed by atoms with Crippen LogP contribution in [0, 0.1) is 19.3 Å². The van der Waals surface area contributed by atoms with Crippen molar-refractivity contribution in [1.29, 1.82) is 0 Å². The van der Waals surface area contributed by atoms with Crippen molar-refractivity contribution in [3.63, 3.8) is 0 Å². The van der Waals surface area contributed by atoms with Gasteiger partial charge >= 0.3 is 6.55 Å². The molecule has 2 saturated heterocycles. The number of aryl methyl sites for hydroxylation is 2. The molecule has 7 nitrogen and oxygen atoms in total. The zero-order valence-electron chi connectivity index (χ0n) is 17.3. The second-order valence-corrected chi connectivity index (χ2v) is 8.60. The number of hydrogen-bond acceptors (Lipinski definition) is 5. The van der Waals surface area contributed by atoms with E-state index in [0.717, 1.165) is 49.2 Å². The summed E-state index contributed by atoms with van der Waals surface area (Å²) in [5.41, 5.74) is 2.93. The van der Waals surface area contributed by atoms with Crippen molar-refractivity contribution in [1.82, 2.24) is 19.7 Å². The van der Waals surface area contributed by atoms with Gasteiger partial charge in [-0.1, -0.05) is 0 Å². The molecule has 4 rings (SSSR count). The van der Waals surface area contributed by atoms with E-state index in [4.69, 9.17) is 0 Å². The van der Waals surface area contributed by atoms with Crippen LogP contribution in [0.2, 0.25) is 0 Å². The lowest BCUT2D eigenvalue weighted by Gasteiger charge is -2.49. The molecule has 0 radical (unpaired) electrons. The van der Waals surface area contributed by atoms with E-state index in [1.54, 1.807) is 4.90 Å². The molecule has 2 fully saturated rings. The maximum absolute atomic E-state index is 12.8. The third kappa shape index (κ3) is 4.16. The van der Waals surface area contributed by atoms with Gasteiger partial charge in [0.2, 0.25) is 0 Å². The highest BCUT2D eigenvalue weighted by Gasteiger charge is 2.43. The topological polar surface area (TPSA) is 74.5 Å². The number of aliphatic hydroxyl groups is 1. The number of alkyl halides is 2. The molecule has 162 valence electrons. The van der Waals surface area contributed by atoms with Gasteiger partial charge in [-0.2, -0.15) is 13.9 Å². The van der Waals surface area contributed by atoms with E-state index in [9.17, 15) is 18.7 Å². The maximum Gasteiger partial charge on any atom is 0.333 e. The third-order valence-corrected chi connectivity index (χ3v) is 6.20. The molecule has 2 aliphatic heterocycles. The maximum atomic E-state index is 12.8. The number of hydrogen-bond donors (Lipinski definition) is 1. The van der Waals surface area contributed by atoms with E-state index in [1.807, 2.05) is 13.8 Å². The number of halogens is 2. The van der Waals surface area contributed by atoms with Crippen LogP contribution in [-0.4, -0.2) is 63.0 Å². The van der Waals surface area contributed by atoms with Crippen LogP contribution in [0.3, 0.4) is 0 Å². The largest absolute Gasteiger partial charge is 0.391 e. The number of nitrogens with zero attached hydrogens (tertiary/aromatic N) is 5. The number of aliphatic hydroxyl groups excluding tert-OH is 1. The first-order chi connectivity index (χ1) is 14.2. The highest BCUT2D eigenvalue weighted by atomic mass is 19.3. The van der Waals surface area contributed by atoms with Crippen LogP contribution in [-0.2, 0) is 0 Å². The number of pyridine rings is 1. The molecule has 1 amide bonds. The fraction of sp³-hybridized carbons (Fsp3) is 0.571. The van der Waals surface area contributed by atoms with Crippen LogP contribution in [0.25, 0.3) is 0 Å². The number of anilines is 1.